The first-order valence-electron chi connectivity index (χ1n) is 9.38. The minimum Gasteiger partial charge on any atom is -0.490 e. The van der Waals surface area contributed by atoms with Gasteiger partial charge in [-0.3, -0.25) is 19.3 Å². The van der Waals surface area contributed by atoms with Crippen molar-refractivity contribution < 1.29 is 28.6 Å². The standard InChI is InChI=1S/C22H20ClNO6S/c1-3-29-18-10-14(8-9-17(18)30-13-15-6-4-5-7-16(15)23)11-19-21(26)24(22(27)31-19)12-20(25)28-2/h4-11H,3,12-13H2,1-2H3/b19-11-. The number of carbonyl (C=O) groups is 3. The second-order valence-electron chi connectivity index (χ2n) is 6.36. The monoisotopic (exact) mass is 461 g/mol. The molecule has 1 heterocycles. The van der Waals surface area contributed by atoms with E-state index in [2.05, 4.69) is 4.74 Å². The molecule has 31 heavy (non-hydrogen) atoms. The second kappa shape index (κ2) is 10.4. The van der Waals surface area contributed by atoms with E-state index >= 15 is 0 Å². The number of nitrogens with zero attached hydrogens (tertiary/aromatic N) is 1. The first-order valence-corrected chi connectivity index (χ1v) is 10.6. The van der Waals surface area contributed by atoms with Gasteiger partial charge in [-0.1, -0.05) is 35.9 Å². The lowest BCUT2D eigenvalue weighted by Gasteiger charge is -2.13. The van der Waals surface area contributed by atoms with Crippen molar-refractivity contribution in [3.63, 3.8) is 0 Å². The van der Waals surface area contributed by atoms with Gasteiger partial charge in [-0.15, -0.1) is 0 Å². The number of benzene rings is 2. The fourth-order valence-electron chi connectivity index (χ4n) is 2.75. The molecular weight excluding hydrogens is 442 g/mol. The SMILES string of the molecule is CCOc1cc(/C=C2\SC(=O)N(CC(=O)OC)C2=O)ccc1OCc1ccccc1Cl. The summed E-state index contributed by atoms with van der Waals surface area (Å²) in [6.45, 7) is 2.12. The number of amides is 2. The second-order valence-corrected chi connectivity index (χ2v) is 7.76. The maximum Gasteiger partial charge on any atom is 0.325 e. The minimum atomic E-state index is -0.665. The van der Waals surface area contributed by atoms with Gasteiger partial charge in [0.15, 0.2) is 11.5 Å². The molecule has 7 nitrogen and oxygen atoms in total. The van der Waals surface area contributed by atoms with Crippen molar-refractivity contribution in [1.29, 1.82) is 0 Å². The van der Waals surface area contributed by atoms with Gasteiger partial charge in [-0.2, -0.15) is 0 Å². The lowest BCUT2D eigenvalue weighted by Crippen LogP contribution is -2.34. The number of thioether (sulfide) groups is 1. The summed E-state index contributed by atoms with van der Waals surface area (Å²) >= 11 is 6.94. The summed E-state index contributed by atoms with van der Waals surface area (Å²) in [5.41, 5.74) is 1.49. The number of ether oxygens (including phenoxy) is 3. The molecule has 2 amide bonds. The molecule has 162 valence electrons. The molecule has 2 aromatic carbocycles. The van der Waals surface area contributed by atoms with Crippen LogP contribution >= 0.6 is 23.4 Å². The molecular formula is C22H20ClNO6S. The van der Waals surface area contributed by atoms with Crippen molar-refractivity contribution in [3.05, 3.63) is 63.5 Å². The van der Waals surface area contributed by atoms with Crippen molar-refractivity contribution in [2.24, 2.45) is 0 Å². The predicted molar refractivity (Wildman–Crippen MR) is 118 cm³/mol. The van der Waals surface area contributed by atoms with Crippen LogP contribution in [0.1, 0.15) is 18.1 Å². The molecule has 0 N–H and O–H groups in total. The van der Waals surface area contributed by atoms with Crippen LogP contribution in [0.25, 0.3) is 6.08 Å². The van der Waals surface area contributed by atoms with Crippen LogP contribution in [-0.4, -0.2) is 42.3 Å². The van der Waals surface area contributed by atoms with E-state index in [-0.39, 0.29) is 11.5 Å². The summed E-state index contributed by atoms with van der Waals surface area (Å²) in [7, 11) is 1.20. The van der Waals surface area contributed by atoms with Crippen LogP contribution in [0.3, 0.4) is 0 Å². The van der Waals surface area contributed by atoms with Crippen LogP contribution < -0.4 is 9.47 Å². The topological polar surface area (TPSA) is 82.1 Å². The van der Waals surface area contributed by atoms with Gasteiger partial charge in [0.25, 0.3) is 11.1 Å². The Morgan fingerprint density at radius 1 is 1.13 bits per heavy atom. The van der Waals surface area contributed by atoms with Crippen LogP contribution in [0.2, 0.25) is 5.02 Å². The summed E-state index contributed by atoms with van der Waals surface area (Å²) in [6, 6.07) is 12.6. The Bertz CT molecular complexity index is 1040. The lowest BCUT2D eigenvalue weighted by molar-refractivity contribution is -0.143. The Morgan fingerprint density at radius 3 is 2.61 bits per heavy atom. The molecule has 0 aromatic heterocycles. The number of halogens is 1. The number of methoxy groups -OCH3 is 1. The van der Waals surface area contributed by atoms with Crippen LogP contribution in [0, 0.1) is 0 Å². The van der Waals surface area contributed by atoms with E-state index in [0.717, 1.165) is 22.2 Å². The third kappa shape index (κ3) is 5.59. The highest BCUT2D eigenvalue weighted by atomic mass is 35.5. The van der Waals surface area contributed by atoms with Gasteiger partial charge in [0.05, 0.1) is 18.6 Å². The van der Waals surface area contributed by atoms with Crippen LogP contribution in [-0.2, 0) is 20.9 Å². The van der Waals surface area contributed by atoms with Gasteiger partial charge in [0.2, 0.25) is 0 Å². The van der Waals surface area contributed by atoms with Gasteiger partial charge < -0.3 is 14.2 Å². The number of hydrogen-bond acceptors (Lipinski definition) is 7. The molecule has 9 heteroatoms. The number of hydrogen-bond donors (Lipinski definition) is 0. The Hall–Kier alpha value is -2.97. The van der Waals surface area contributed by atoms with E-state index in [1.807, 2.05) is 25.1 Å². The van der Waals surface area contributed by atoms with Crippen LogP contribution in [0.5, 0.6) is 11.5 Å². The molecule has 0 aliphatic carbocycles. The average molecular weight is 462 g/mol. The number of esters is 1. The molecule has 1 aliphatic rings. The Morgan fingerprint density at radius 2 is 1.90 bits per heavy atom. The molecule has 1 fully saturated rings. The normalized spacial score (nSPS) is 14.8. The molecule has 0 atom stereocenters. The van der Waals surface area contributed by atoms with Crippen LogP contribution in [0.4, 0.5) is 4.79 Å². The summed E-state index contributed by atoms with van der Waals surface area (Å²) in [6.07, 6.45) is 1.57. The van der Waals surface area contributed by atoms with Gasteiger partial charge in [-0.25, -0.2) is 0 Å². The molecule has 3 rings (SSSR count). The van der Waals surface area contributed by atoms with E-state index in [1.165, 1.54) is 7.11 Å². The van der Waals surface area contributed by atoms with Gasteiger partial charge in [-0.05, 0) is 48.5 Å². The molecule has 0 unspecified atom stereocenters. The minimum absolute atomic E-state index is 0.209. The Labute approximate surface area is 188 Å². The molecule has 1 aliphatic heterocycles. The summed E-state index contributed by atoms with van der Waals surface area (Å²) in [5, 5.41) is 0.0890. The van der Waals surface area contributed by atoms with Gasteiger partial charge >= 0.3 is 5.97 Å². The highest BCUT2D eigenvalue weighted by Crippen LogP contribution is 2.35. The quantitative estimate of drug-likeness (QED) is 0.422. The number of carbonyl (C=O) groups excluding carboxylic acids is 3. The Kier molecular flexibility index (Phi) is 7.59. The van der Waals surface area contributed by atoms with E-state index in [4.69, 9.17) is 21.1 Å². The van der Waals surface area contributed by atoms with E-state index < -0.39 is 23.7 Å². The third-order valence-corrected chi connectivity index (χ3v) is 5.57. The molecule has 2 aromatic rings. The van der Waals surface area contributed by atoms with Crippen molar-refractivity contribution >= 4 is 46.6 Å². The highest BCUT2D eigenvalue weighted by Gasteiger charge is 2.36. The zero-order chi connectivity index (χ0) is 22.4. The first kappa shape index (κ1) is 22.7. The smallest absolute Gasteiger partial charge is 0.325 e. The van der Waals surface area contributed by atoms with Gasteiger partial charge in [0.1, 0.15) is 13.2 Å². The number of imide groups is 1. The fraction of sp³-hybridized carbons (Fsp3) is 0.227. The van der Waals surface area contributed by atoms with Crippen molar-refractivity contribution in [2.75, 3.05) is 20.3 Å². The predicted octanol–water partition coefficient (Wildman–Crippen LogP) is 4.53. The van der Waals surface area contributed by atoms with E-state index in [1.54, 1.807) is 30.3 Å². The average Bonchev–Trinajstić information content (AvgIpc) is 3.01. The maximum absolute atomic E-state index is 12.5. The van der Waals surface area contributed by atoms with E-state index in [9.17, 15) is 14.4 Å². The first-order chi connectivity index (χ1) is 14.9. The Balaban J connectivity index is 1.79. The molecule has 0 spiro atoms. The van der Waals surface area contributed by atoms with Crippen LogP contribution in [0.15, 0.2) is 47.4 Å². The zero-order valence-electron chi connectivity index (χ0n) is 16.9. The van der Waals surface area contributed by atoms with Crippen molar-refractivity contribution in [1.82, 2.24) is 4.90 Å². The third-order valence-electron chi connectivity index (χ3n) is 4.29. The zero-order valence-corrected chi connectivity index (χ0v) is 18.5. The van der Waals surface area contributed by atoms with Crippen molar-refractivity contribution in [2.45, 2.75) is 13.5 Å². The molecule has 0 saturated carbocycles. The summed E-state index contributed by atoms with van der Waals surface area (Å²) in [5.74, 6) is -0.186. The molecule has 0 bridgehead atoms. The summed E-state index contributed by atoms with van der Waals surface area (Å²) in [4.78, 5) is 37.0. The number of rotatable bonds is 8. The molecule has 0 radical (unpaired) electrons. The van der Waals surface area contributed by atoms with Gasteiger partial charge in [0, 0.05) is 10.6 Å². The van der Waals surface area contributed by atoms with Crippen molar-refractivity contribution in [3.8, 4) is 11.5 Å². The maximum atomic E-state index is 12.5. The van der Waals surface area contributed by atoms with E-state index in [0.29, 0.717) is 28.7 Å². The molecule has 1 saturated heterocycles. The largest absolute Gasteiger partial charge is 0.490 e. The lowest BCUT2D eigenvalue weighted by atomic mass is 10.1. The highest BCUT2D eigenvalue weighted by molar-refractivity contribution is 8.18. The fourth-order valence-corrected chi connectivity index (χ4v) is 3.78. The summed E-state index contributed by atoms with van der Waals surface area (Å²) < 4.78 is 16.1.